The van der Waals surface area contributed by atoms with E-state index < -0.39 is 5.97 Å². The summed E-state index contributed by atoms with van der Waals surface area (Å²) in [5.74, 6) is 0.0465. The van der Waals surface area contributed by atoms with Crippen molar-refractivity contribution >= 4 is 23.6 Å². The highest BCUT2D eigenvalue weighted by Crippen LogP contribution is 2.39. The van der Waals surface area contributed by atoms with Gasteiger partial charge in [0.2, 0.25) is 5.91 Å². The number of hydrogen-bond donors (Lipinski definition) is 2. The Morgan fingerprint density at radius 3 is 2.79 bits per heavy atom. The van der Waals surface area contributed by atoms with Crippen LogP contribution in [0.25, 0.3) is 0 Å². The molecule has 0 bridgehead atoms. The van der Waals surface area contributed by atoms with Crippen LogP contribution in [0, 0.1) is 0 Å². The van der Waals surface area contributed by atoms with Crippen LogP contribution in [-0.2, 0) is 16.1 Å². The van der Waals surface area contributed by atoms with Crippen molar-refractivity contribution in [3.05, 3.63) is 5.82 Å². The van der Waals surface area contributed by atoms with E-state index in [1.54, 1.807) is 4.57 Å². The summed E-state index contributed by atoms with van der Waals surface area (Å²) in [6, 6.07) is 0. The van der Waals surface area contributed by atoms with Crippen molar-refractivity contribution in [1.82, 2.24) is 20.1 Å². The average Bonchev–Trinajstić information content (AvgIpc) is 3.11. The quantitative estimate of drug-likeness (QED) is 0.706. The number of carboxylic acids is 1. The molecule has 1 aromatic rings. The number of carboxylic acid groups (broad SMARTS) is 1. The lowest BCUT2D eigenvalue weighted by Gasteiger charge is -2.08. The van der Waals surface area contributed by atoms with E-state index in [0.29, 0.717) is 17.6 Å². The van der Waals surface area contributed by atoms with Gasteiger partial charge in [0.1, 0.15) is 12.4 Å². The van der Waals surface area contributed by atoms with Crippen molar-refractivity contribution in [1.29, 1.82) is 0 Å². The summed E-state index contributed by atoms with van der Waals surface area (Å²) in [6.45, 7) is 2.57. The van der Waals surface area contributed by atoms with Crippen molar-refractivity contribution in [2.45, 2.75) is 37.4 Å². The van der Waals surface area contributed by atoms with Crippen molar-refractivity contribution < 1.29 is 14.7 Å². The number of hydrogen-bond acceptors (Lipinski definition) is 5. The van der Waals surface area contributed by atoms with Crippen molar-refractivity contribution in [2.24, 2.45) is 0 Å². The summed E-state index contributed by atoms with van der Waals surface area (Å²) in [6.07, 6.45) is 2.11. The van der Waals surface area contributed by atoms with Gasteiger partial charge in [0.15, 0.2) is 5.16 Å². The van der Waals surface area contributed by atoms with Gasteiger partial charge in [-0.2, -0.15) is 0 Å². The van der Waals surface area contributed by atoms with Crippen LogP contribution in [0.1, 0.15) is 31.5 Å². The van der Waals surface area contributed by atoms with Gasteiger partial charge in [-0.3, -0.25) is 14.2 Å². The SMILES string of the molecule is CCNC(=O)Cn1c(SCC(=O)O)nnc1C1CC1. The zero-order valence-electron chi connectivity index (χ0n) is 10.6. The first-order valence-electron chi connectivity index (χ1n) is 6.16. The van der Waals surface area contributed by atoms with Crippen molar-refractivity contribution in [3.63, 3.8) is 0 Å². The normalized spacial score (nSPS) is 14.4. The van der Waals surface area contributed by atoms with Crippen LogP contribution in [0.15, 0.2) is 5.16 Å². The van der Waals surface area contributed by atoms with E-state index in [9.17, 15) is 9.59 Å². The molecule has 7 nitrogen and oxygen atoms in total. The van der Waals surface area contributed by atoms with Gasteiger partial charge < -0.3 is 10.4 Å². The minimum atomic E-state index is -0.912. The maximum Gasteiger partial charge on any atom is 0.313 e. The van der Waals surface area contributed by atoms with E-state index in [0.717, 1.165) is 30.4 Å². The van der Waals surface area contributed by atoms with Crippen molar-refractivity contribution in [2.75, 3.05) is 12.3 Å². The van der Waals surface area contributed by atoms with Crippen molar-refractivity contribution in [3.8, 4) is 0 Å². The maximum absolute atomic E-state index is 11.7. The molecule has 0 aliphatic heterocycles. The molecule has 1 saturated carbocycles. The lowest BCUT2D eigenvalue weighted by molar-refractivity contribution is -0.133. The molecule has 0 spiro atoms. The Morgan fingerprint density at radius 1 is 1.47 bits per heavy atom. The molecule has 0 aromatic carbocycles. The van der Waals surface area contributed by atoms with Gasteiger partial charge in [0.25, 0.3) is 0 Å². The number of rotatable bonds is 7. The summed E-state index contributed by atoms with van der Waals surface area (Å²) < 4.78 is 1.73. The fraction of sp³-hybridized carbons (Fsp3) is 0.636. The van der Waals surface area contributed by atoms with Gasteiger partial charge in [0, 0.05) is 12.5 Å². The minimum absolute atomic E-state index is 0.0851. The summed E-state index contributed by atoms with van der Waals surface area (Å²) in [5.41, 5.74) is 0. The summed E-state index contributed by atoms with van der Waals surface area (Å²) in [7, 11) is 0. The zero-order chi connectivity index (χ0) is 13.8. The Labute approximate surface area is 114 Å². The van der Waals surface area contributed by atoms with Gasteiger partial charge in [-0.05, 0) is 19.8 Å². The van der Waals surface area contributed by atoms with Gasteiger partial charge in [-0.1, -0.05) is 11.8 Å². The molecule has 104 valence electrons. The standard InChI is InChI=1S/C11H16N4O3S/c1-2-12-8(16)5-15-10(7-3-4-7)13-14-11(15)19-6-9(17)18/h7H,2-6H2,1H3,(H,12,16)(H,17,18). The second kappa shape index (κ2) is 6.05. The van der Waals surface area contributed by atoms with E-state index >= 15 is 0 Å². The first-order chi connectivity index (χ1) is 9.11. The molecule has 1 aromatic heterocycles. The van der Waals surface area contributed by atoms with Gasteiger partial charge in [-0.25, -0.2) is 0 Å². The monoisotopic (exact) mass is 284 g/mol. The fourth-order valence-electron chi connectivity index (χ4n) is 1.72. The number of aromatic nitrogens is 3. The molecule has 2 N–H and O–H groups in total. The van der Waals surface area contributed by atoms with Gasteiger partial charge in [-0.15, -0.1) is 10.2 Å². The average molecular weight is 284 g/mol. The second-order valence-electron chi connectivity index (χ2n) is 4.34. The number of carbonyl (C=O) groups is 2. The zero-order valence-corrected chi connectivity index (χ0v) is 11.4. The number of thioether (sulfide) groups is 1. The first-order valence-corrected chi connectivity index (χ1v) is 7.14. The number of carbonyl (C=O) groups excluding carboxylic acids is 1. The lowest BCUT2D eigenvalue weighted by Crippen LogP contribution is -2.28. The Hall–Kier alpha value is -1.57. The molecule has 0 radical (unpaired) electrons. The van der Waals surface area contributed by atoms with E-state index in [1.165, 1.54) is 0 Å². The number of nitrogens with zero attached hydrogens (tertiary/aromatic N) is 3. The third kappa shape index (κ3) is 3.69. The smallest absolute Gasteiger partial charge is 0.313 e. The second-order valence-corrected chi connectivity index (χ2v) is 5.28. The molecular formula is C11H16N4O3S. The van der Waals surface area contributed by atoms with Gasteiger partial charge >= 0.3 is 5.97 Å². The largest absolute Gasteiger partial charge is 0.481 e. The molecule has 1 aliphatic carbocycles. The van der Waals surface area contributed by atoms with Crippen LogP contribution >= 0.6 is 11.8 Å². The molecule has 1 amide bonds. The van der Waals surface area contributed by atoms with Crippen LogP contribution < -0.4 is 5.32 Å². The highest BCUT2D eigenvalue weighted by Gasteiger charge is 2.31. The number of nitrogens with one attached hydrogen (secondary N) is 1. The van der Waals surface area contributed by atoms with E-state index in [-0.39, 0.29) is 18.2 Å². The van der Waals surface area contributed by atoms with Crippen LogP contribution in [0.4, 0.5) is 0 Å². The summed E-state index contributed by atoms with van der Waals surface area (Å²) in [5, 5.41) is 20.0. The molecule has 8 heteroatoms. The Bertz CT molecular complexity index is 484. The molecular weight excluding hydrogens is 268 g/mol. The summed E-state index contributed by atoms with van der Waals surface area (Å²) >= 11 is 1.09. The molecule has 1 aliphatic rings. The molecule has 19 heavy (non-hydrogen) atoms. The molecule has 0 atom stereocenters. The van der Waals surface area contributed by atoms with Crippen LogP contribution in [0.3, 0.4) is 0 Å². The maximum atomic E-state index is 11.7. The first kappa shape index (κ1) is 13.9. The highest BCUT2D eigenvalue weighted by atomic mass is 32.2. The third-order valence-corrected chi connectivity index (χ3v) is 3.64. The summed E-state index contributed by atoms with van der Waals surface area (Å²) in [4.78, 5) is 22.3. The van der Waals surface area contributed by atoms with Crippen LogP contribution in [0.2, 0.25) is 0 Å². The predicted octanol–water partition coefficient (Wildman–Crippen LogP) is 0.468. The molecule has 1 fully saturated rings. The Balaban J connectivity index is 2.13. The highest BCUT2D eigenvalue weighted by molar-refractivity contribution is 7.99. The molecule has 0 saturated heterocycles. The fourth-order valence-corrected chi connectivity index (χ4v) is 2.39. The van der Waals surface area contributed by atoms with Gasteiger partial charge in [0.05, 0.1) is 5.75 Å². The molecule has 2 rings (SSSR count). The predicted molar refractivity (Wildman–Crippen MR) is 69.0 cm³/mol. The Morgan fingerprint density at radius 2 is 2.21 bits per heavy atom. The molecule has 0 unspecified atom stereocenters. The molecule has 1 heterocycles. The van der Waals surface area contributed by atoms with Crippen LogP contribution in [0.5, 0.6) is 0 Å². The van der Waals surface area contributed by atoms with Crippen LogP contribution in [-0.4, -0.2) is 44.0 Å². The lowest BCUT2D eigenvalue weighted by atomic mass is 10.4. The third-order valence-electron chi connectivity index (χ3n) is 2.69. The van der Waals surface area contributed by atoms with E-state index in [1.807, 2.05) is 6.92 Å². The number of amides is 1. The number of likely N-dealkylation sites (N-methyl/N-ethyl adjacent to an activating group) is 1. The minimum Gasteiger partial charge on any atom is -0.481 e. The Kier molecular flexibility index (Phi) is 4.41. The topological polar surface area (TPSA) is 97.1 Å². The van der Waals surface area contributed by atoms with E-state index in [2.05, 4.69) is 15.5 Å². The van der Waals surface area contributed by atoms with E-state index in [4.69, 9.17) is 5.11 Å². The number of aliphatic carboxylic acids is 1.